The molecule has 2 N–H and O–H groups in total. The lowest BCUT2D eigenvalue weighted by Gasteiger charge is -2.19. The van der Waals surface area contributed by atoms with Gasteiger partial charge in [0.05, 0.1) is 5.92 Å². The molecule has 7 heteroatoms. The quantitative estimate of drug-likeness (QED) is 0.847. The van der Waals surface area contributed by atoms with Gasteiger partial charge >= 0.3 is 0 Å². The fourth-order valence-corrected chi connectivity index (χ4v) is 3.15. The van der Waals surface area contributed by atoms with E-state index in [1.54, 1.807) is 0 Å². The number of hydrogen-bond donors (Lipinski definition) is 2. The highest BCUT2D eigenvalue weighted by molar-refractivity contribution is 5.79. The standard InChI is InChI=1S/C15H17N5O2/c1-8-13(11-2-3-16-5-10(11)7-17-8)14-19-15(22-20-14)9-4-12(21)18-6-9/h7,9,16H,2-6H2,1H3,(H,18,21). The second-order valence-corrected chi connectivity index (χ2v) is 5.81. The summed E-state index contributed by atoms with van der Waals surface area (Å²) < 4.78 is 5.40. The Bertz CT molecular complexity index is 740. The molecule has 1 atom stereocenters. The van der Waals surface area contributed by atoms with E-state index in [2.05, 4.69) is 25.8 Å². The highest BCUT2D eigenvalue weighted by Crippen LogP contribution is 2.30. The number of carbonyl (C=O) groups is 1. The number of carbonyl (C=O) groups excluding carboxylic acids is 1. The van der Waals surface area contributed by atoms with Crippen LogP contribution < -0.4 is 10.6 Å². The number of aryl methyl sites for hydroxylation is 1. The lowest BCUT2D eigenvalue weighted by molar-refractivity contribution is -0.119. The Balaban J connectivity index is 1.73. The minimum absolute atomic E-state index is 0.0248. The summed E-state index contributed by atoms with van der Waals surface area (Å²) in [6, 6.07) is 0. The molecule has 0 aromatic carbocycles. The van der Waals surface area contributed by atoms with Crippen LogP contribution >= 0.6 is 0 Å². The molecule has 2 aliphatic heterocycles. The third-order valence-electron chi connectivity index (χ3n) is 4.32. The van der Waals surface area contributed by atoms with Crippen LogP contribution in [0.4, 0.5) is 0 Å². The molecule has 4 rings (SSSR count). The number of pyridine rings is 1. The lowest BCUT2D eigenvalue weighted by atomic mass is 9.95. The van der Waals surface area contributed by atoms with Gasteiger partial charge in [-0.1, -0.05) is 5.16 Å². The molecule has 2 aliphatic rings. The molecule has 22 heavy (non-hydrogen) atoms. The second kappa shape index (κ2) is 5.17. The first kappa shape index (κ1) is 13.4. The molecule has 0 saturated carbocycles. The summed E-state index contributed by atoms with van der Waals surface area (Å²) in [6.07, 6.45) is 3.26. The molecule has 2 aromatic heterocycles. The Morgan fingerprint density at radius 1 is 1.41 bits per heavy atom. The Labute approximate surface area is 127 Å². The molecule has 1 fully saturated rings. The fraction of sp³-hybridized carbons (Fsp3) is 0.467. The molecule has 7 nitrogen and oxygen atoms in total. The van der Waals surface area contributed by atoms with Gasteiger partial charge in [0, 0.05) is 37.0 Å². The largest absolute Gasteiger partial charge is 0.355 e. The predicted octanol–water partition coefficient (Wildman–Crippen LogP) is 0.689. The Kier molecular flexibility index (Phi) is 3.15. The fourth-order valence-electron chi connectivity index (χ4n) is 3.15. The van der Waals surface area contributed by atoms with E-state index in [0.717, 1.165) is 30.8 Å². The summed E-state index contributed by atoms with van der Waals surface area (Å²) >= 11 is 0. The van der Waals surface area contributed by atoms with Gasteiger partial charge in [-0.3, -0.25) is 9.78 Å². The molecule has 0 aliphatic carbocycles. The average Bonchev–Trinajstić information content (AvgIpc) is 3.16. The van der Waals surface area contributed by atoms with Crippen molar-refractivity contribution in [3.63, 3.8) is 0 Å². The van der Waals surface area contributed by atoms with Crippen LogP contribution in [0.1, 0.15) is 35.1 Å². The first-order valence-corrected chi connectivity index (χ1v) is 7.51. The topological polar surface area (TPSA) is 92.9 Å². The van der Waals surface area contributed by atoms with Crippen LogP contribution in [-0.2, 0) is 17.8 Å². The van der Waals surface area contributed by atoms with Gasteiger partial charge in [-0.25, -0.2) is 0 Å². The lowest BCUT2D eigenvalue weighted by Crippen LogP contribution is -2.24. The van der Waals surface area contributed by atoms with E-state index in [0.29, 0.717) is 24.7 Å². The van der Waals surface area contributed by atoms with Crippen molar-refractivity contribution in [3.8, 4) is 11.4 Å². The zero-order valence-corrected chi connectivity index (χ0v) is 12.3. The molecule has 0 spiro atoms. The second-order valence-electron chi connectivity index (χ2n) is 5.81. The summed E-state index contributed by atoms with van der Waals surface area (Å²) in [7, 11) is 0. The smallest absolute Gasteiger partial charge is 0.232 e. The van der Waals surface area contributed by atoms with Crippen LogP contribution in [0.5, 0.6) is 0 Å². The van der Waals surface area contributed by atoms with Gasteiger partial charge in [-0.05, 0) is 31.0 Å². The maximum Gasteiger partial charge on any atom is 0.232 e. The zero-order valence-electron chi connectivity index (χ0n) is 12.3. The van der Waals surface area contributed by atoms with Gasteiger partial charge in [0.15, 0.2) is 0 Å². The molecule has 2 aromatic rings. The van der Waals surface area contributed by atoms with Gasteiger partial charge in [0.1, 0.15) is 0 Å². The van der Waals surface area contributed by atoms with E-state index in [4.69, 9.17) is 4.52 Å². The molecule has 1 amide bonds. The number of nitrogens with one attached hydrogen (secondary N) is 2. The third kappa shape index (κ3) is 2.18. The van der Waals surface area contributed by atoms with Gasteiger partial charge in [-0.15, -0.1) is 0 Å². The van der Waals surface area contributed by atoms with Crippen molar-refractivity contribution in [1.82, 2.24) is 25.8 Å². The van der Waals surface area contributed by atoms with E-state index in [-0.39, 0.29) is 11.8 Å². The van der Waals surface area contributed by atoms with Crippen LogP contribution in [-0.4, -0.2) is 34.1 Å². The van der Waals surface area contributed by atoms with E-state index in [9.17, 15) is 4.79 Å². The Morgan fingerprint density at radius 2 is 2.32 bits per heavy atom. The third-order valence-corrected chi connectivity index (χ3v) is 4.32. The summed E-state index contributed by atoms with van der Waals surface area (Å²) in [6.45, 7) is 4.29. The maximum atomic E-state index is 11.3. The van der Waals surface area contributed by atoms with Crippen molar-refractivity contribution < 1.29 is 9.32 Å². The molecule has 4 heterocycles. The molecule has 1 saturated heterocycles. The van der Waals surface area contributed by atoms with Crippen molar-refractivity contribution in [2.24, 2.45) is 0 Å². The highest BCUT2D eigenvalue weighted by atomic mass is 16.5. The van der Waals surface area contributed by atoms with E-state index < -0.39 is 0 Å². The minimum atomic E-state index is -0.0248. The normalized spacial score (nSPS) is 20.8. The van der Waals surface area contributed by atoms with Crippen molar-refractivity contribution in [2.75, 3.05) is 13.1 Å². The maximum absolute atomic E-state index is 11.3. The van der Waals surface area contributed by atoms with Gasteiger partial charge in [0.2, 0.25) is 17.6 Å². The molecular weight excluding hydrogens is 282 g/mol. The van der Waals surface area contributed by atoms with Crippen LogP contribution in [0, 0.1) is 6.92 Å². The van der Waals surface area contributed by atoms with Crippen LogP contribution in [0.25, 0.3) is 11.4 Å². The minimum Gasteiger partial charge on any atom is -0.355 e. The molecule has 0 radical (unpaired) electrons. The predicted molar refractivity (Wildman–Crippen MR) is 78.0 cm³/mol. The van der Waals surface area contributed by atoms with E-state index in [1.807, 2.05) is 13.1 Å². The number of nitrogens with zero attached hydrogens (tertiary/aromatic N) is 3. The van der Waals surface area contributed by atoms with Gasteiger partial charge < -0.3 is 15.2 Å². The van der Waals surface area contributed by atoms with Crippen molar-refractivity contribution in [2.45, 2.75) is 32.2 Å². The van der Waals surface area contributed by atoms with Crippen LogP contribution in [0.15, 0.2) is 10.7 Å². The number of fused-ring (bicyclic) bond motifs is 1. The van der Waals surface area contributed by atoms with Crippen molar-refractivity contribution >= 4 is 5.91 Å². The first-order valence-electron chi connectivity index (χ1n) is 7.51. The van der Waals surface area contributed by atoms with Gasteiger partial charge in [0.25, 0.3) is 0 Å². The van der Waals surface area contributed by atoms with E-state index >= 15 is 0 Å². The molecular formula is C15H17N5O2. The number of rotatable bonds is 2. The monoisotopic (exact) mass is 299 g/mol. The summed E-state index contributed by atoms with van der Waals surface area (Å²) in [5.41, 5.74) is 4.33. The van der Waals surface area contributed by atoms with E-state index in [1.165, 1.54) is 11.1 Å². The SMILES string of the molecule is Cc1ncc2c(c1-c1noc(C3CNC(=O)C3)n1)CCNC2. The van der Waals surface area contributed by atoms with Crippen LogP contribution in [0.2, 0.25) is 0 Å². The van der Waals surface area contributed by atoms with Crippen molar-refractivity contribution in [3.05, 3.63) is 28.9 Å². The summed E-state index contributed by atoms with van der Waals surface area (Å²) in [4.78, 5) is 20.3. The highest BCUT2D eigenvalue weighted by Gasteiger charge is 2.29. The first-order chi connectivity index (χ1) is 10.7. The molecule has 0 bridgehead atoms. The zero-order chi connectivity index (χ0) is 15.1. The summed E-state index contributed by atoms with van der Waals surface area (Å²) in [5.74, 6) is 1.12. The van der Waals surface area contributed by atoms with Gasteiger partial charge in [-0.2, -0.15) is 4.98 Å². The average molecular weight is 299 g/mol. The van der Waals surface area contributed by atoms with Crippen molar-refractivity contribution in [1.29, 1.82) is 0 Å². The van der Waals surface area contributed by atoms with Crippen LogP contribution in [0.3, 0.4) is 0 Å². The molecule has 1 unspecified atom stereocenters. The molecule has 114 valence electrons. The Hall–Kier alpha value is -2.28. The summed E-state index contributed by atoms with van der Waals surface area (Å²) in [5, 5.41) is 10.3. The number of hydrogen-bond acceptors (Lipinski definition) is 6. The number of amides is 1. The Morgan fingerprint density at radius 3 is 3.14 bits per heavy atom. The number of aromatic nitrogens is 3.